The van der Waals surface area contributed by atoms with Gasteiger partial charge in [0.25, 0.3) is 0 Å². The summed E-state index contributed by atoms with van der Waals surface area (Å²) in [5.41, 5.74) is 1.12. The van der Waals surface area contributed by atoms with E-state index in [1.165, 1.54) is 12.1 Å². The Morgan fingerprint density at radius 2 is 2.00 bits per heavy atom. The van der Waals surface area contributed by atoms with Crippen LogP contribution in [-0.4, -0.2) is 27.3 Å². The third kappa shape index (κ3) is 3.85. The van der Waals surface area contributed by atoms with Crippen molar-refractivity contribution in [2.45, 2.75) is 32.6 Å². The Bertz CT molecular complexity index is 554. The molecule has 0 spiro atoms. The lowest BCUT2D eigenvalue weighted by atomic mass is 10.2. The maximum atomic E-state index is 13.4. The number of anilines is 2. The number of unbranched alkanes of at least 4 members (excludes halogenated alkanes) is 1. The van der Waals surface area contributed by atoms with E-state index in [9.17, 15) is 12.8 Å². The summed E-state index contributed by atoms with van der Waals surface area (Å²) in [7, 11) is -3.41. The highest BCUT2D eigenvalue weighted by Crippen LogP contribution is 2.30. The predicted octanol–water partition coefficient (Wildman–Crippen LogP) is 2.97. The van der Waals surface area contributed by atoms with Crippen LogP contribution in [0.4, 0.5) is 15.8 Å². The summed E-state index contributed by atoms with van der Waals surface area (Å²) in [6.45, 7) is 3.71. The van der Waals surface area contributed by atoms with Gasteiger partial charge in [-0.05, 0) is 31.4 Å². The van der Waals surface area contributed by atoms with Gasteiger partial charge in [-0.2, -0.15) is 0 Å². The molecule has 0 bridgehead atoms. The third-order valence-electron chi connectivity index (χ3n) is 3.44. The van der Waals surface area contributed by atoms with E-state index in [1.54, 1.807) is 6.07 Å². The van der Waals surface area contributed by atoms with Gasteiger partial charge in [0.15, 0.2) is 0 Å². The van der Waals surface area contributed by atoms with E-state index in [-0.39, 0.29) is 5.75 Å². The molecule has 0 amide bonds. The van der Waals surface area contributed by atoms with Crippen LogP contribution in [0.2, 0.25) is 0 Å². The lowest BCUT2D eigenvalue weighted by Crippen LogP contribution is -2.22. The fraction of sp³-hybridized carbons (Fsp3) is 0.571. The van der Waals surface area contributed by atoms with Gasteiger partial charge in [-0.1, -0.05) is 13.3 Å². The molecule has 0 unspecified atom stereocenters. The van der Waals surface area contributed by atoms with Gasteiger partial charge in [0, 0.05) is 19.2 Å². The van der Waals surface area contributed by atoms with E-state index in [0.717, 1.165) is 38.0 Å². The fourth-order valence-electron chi connectivity index (χ4n) is 2.38. The Morgan fingerprint density at radius 1 is 1.30 bits per heavy atom. The molecule has 1 aromatic rings. The molecule has 4 nitrogen and oxygen atoms in total. The first-order valence-electron chi connectivity index (χ1n) is 7.07. The zero-order valence-electron chi connectivity index (χ0n) is 11.7. The van der Waals surface area contributed by atoms with Crippen LogP contribution in [0.3, 0.4) is 0 Å². The lowest BCUT2D eigenvalue weighted by Gasteiger charge is -2.22. The first-order valence-corrected chi connectivity index (χ1v) is 8.72. The standard InChI is InChI=1S/C14H21FN2O2S/c1-2-3-10-20(18,19)16-13-11-12(15)6-7-14(13)17-8-4-5-9-17/h6-7,11,16H,2-5,8-10H2,1H3. The van der Waals surface area contributed by atoms with Crippen LogP contribution in [0.15, 0.2) is 18.2 Å². The van der Waals surface area contributed by atoms with Gasteiger partial charge in [-0.25, -0.2) is 12.8 Å². The maximum absolute atomic E-state index is 13.4. The molecular weight excluding hydrogens is 279 g/mol. The number of benzene rings is 1. The smallest absolute Gasteiger partial charge is 0.232 e. The van der Waals surface area contributed by atoms with Crippen molar-refractivity contribution in [1.29, 1.82) is 0 Å². The minimum Gasteiger partial charge on any atom is -0.370 e. The summed E-state index contributed by atoms with van der Waals surface area (Å²) in [5, 5.41) is 0. The van der Waals surface area contributed by atoms with Crippen LogP contribution in [-0.2, 0) is 10.0 Å². The second-order valence-corrected chi connectivity index (χ2v) is 6.97. The summed E-state index contributed by atoms with van der Waals surface area (Å²) in [6.07, 6.45) is 3.57. The molecule has 0 aliphatic carbocycles. The predicted molar refractivity (Wildman–Crippen MR) is 80.2 cm³/mol. The average molecular weight is 300 g/mol. The molecule has 1 aliphatic rings. The molecule has 0 saturated carbocycles. The number of sulfonamides is 1. The molecule has 0 radical (unpaired) electrons. The molecular formula is C14H21FN2O2S. The number of nitrogens with zero attached hydrogens (tertiary/aromatic N) is 1. The van der Waals surface area contributed by atoms with E-state index in [2.05, 4.69) is 9.62 Å². The highest BCUT2D eigenvalue weighted by atomic mass is 32.2. The normalized spacial score (nSPS) is 15.6. The highest BCUT2D eigenvalue weighted by molar-refractivity contribution is 7.92. The van der Waals surface area contributed by atoms with E-state index in [4.69, 9.17) is 0 Å². The number of halogens is 1. The first-order chi connectivity index (χ1) is 9.52. The number of rotatable bonds is 6. The fourth-order valence-corrected chi connectivity index (χ4v) is 3.65. The quantitative estimate of drug-likeness (QED) is 0.878. The molecule has 112 valence electrons. The van der Waals surface area contributed by atoms with Crippen molar-refractivity contribution in [3.8, 4) is 0 Å². The van der Waals surface area contributed by atoms with E-state index in [0.29, 0.717) is 12.1 Å². The van der Waals surface area contributed by atoms with Gasteiger partial charge in [0.1, 0.15) is 5.82 Å². The molecule has 1 aromatic carbocycles. The monoisotopic (exact) mass is 300 g/mol. The van der Waals surface area contributed by atoms with Crippen LogP contribution >= 0.6 is 0 Å². The van der Waals surface area contributed by atoms with Crippen LogP contribution in [0.25, 0.3) is 0 Å². The molecule has 6 heteroatoms. The topological polar surface area (TPSA) is 49.4 Å². The minimum atomic E-state index is -3.41. The van der Waals surface area contributed by atoms with Gasteiger partial charge in [0.2, 0.25) is 10.0 Å². The van der Waals surface area contributed by atoms with Crippen molar-refractivity contribution in [3.05, 3.63) is 24.0 Å². The minimum absolute atomic E-state index is 0.0689. The second kappa shape index (κ2) is 6.43. The zero-order chi connectivity index (χ0) is 14.6. The molecule has 20 heavy (non-hydrogen) atoms. The van der Waals surface area contributed by atoms with E-state index >= 15 is 0 Å². The van der Waals surface area contributed by atoms with Crippen LogP contribution in [0, 0.1) is 5.82 Å². The van der Waals surface area contributed by atoms with Crippen molar-refractivity contribution in [1.82, 2.24) is 0 Å². The molecule has 1 heterocycles. The molecule has 1 saturated heterocycles. The van der Waals surface area contributed by atoms with Crippen molar-refractivity contribution < 1.29 is 12.8 Å². The first kappa shape index (κ1) is 15.1. The van der Waals surface area contributed by atoms with Crippen molar-refractivity contribution in [2.75, 3.05) is 28.5 Å². The van der Waals surface area contributed by atoms with Gasteiger partial charge in [-0.15, -0.1) is 0 Å². The average Bonchev–Trinajstić information content (AvgIpc) is 2.90. The molecule has 1 N–H and O–H groups in total. The third-order valence-corrected chi connectivity index (χ3v) is 4.79. The number of nitrogens with one attached hydrogen (secondary N) is 1. The Kier molecular flexibility index (Phi) is 4.86. The van der Waals surface area contributed by atoms with Gasteiger partial charge < -0.3 is 4.90 Å². The summed E-state index contributed by atoms with van der Waals surface area (Å²) >= 11 is 0. The van der Waals surface area contributed by atoms with E-state index in [1.807, 2.05) is 6.92 Å². The van der Waals surface area contributed by atoms with Gasteiger partial charge >= 0.3 is 0 Å². The molecule has 2 rings (SSSR count). The van der Waals surface area contributed by atoms with Crippen molar-refractivity contribution >= 4 is 21.4 Å². The van der Waals surface area contributed by atoms with Crippen LogP contribution in [0.1, 0.15) is 32.6 Å². The summed E-state index contributed by atoms with van der Waals surface area (Å²) in [4.78, 5) is 2.09. The largest absolute Gasteiger partial charge is 0.370 e. The molecule has 0 atom stereocenters. The summed E-state index contributed by atoms with van der Waals surface area (Å²) < 4.78 is 39.9. The Labute approximate surface area is 120 Å². The van der Waals surface area contributed by atoms with Crippen LogP contribution < -0.4 is 9.62 Å². The lowest BCUT2D eigenvalue weighted by molar-refractivity contribution is 0.597. The van der Waals surface area contributed by atoms with Crippen molar-refractivity contribution in [3.63, 3.8) is 0 Å². The molecule has 1 aliphatic heterocycles. The Morgan fingerprint density at radius 3 is 2.65 bits per heavy atom. The van der Waals surface area contributed by atoms with E-state index < -0.39 is 15.8 Å². The molecule has 1 fully saturated rings. The molecule has 0 aromatic heterocycles. The van der Waals surface area contributed by atoms with Crippen molar-refractivity contribution in [2.24, 2.45) is 0 Å². The SMILES string of the molecule is CCCCS(=O)(=O)Nc1cc(F)ccc1N1CCCC1. The summed E-state index contributed by atoms with van der Waals surface area (Å²) in [5.74, 6) is -0.361. The maximum Gasteiger partial charge on any atom is 0.232 e. The number of hydrogen-bond acceptors (Lipinski definition) is 3. The Hall–Kier alpha value is -1.30. The Balaban J connectivity index is 2.23. The van der Waals surface area contributed by atoms with Crippen LogP contribution in [0.5, 0.6) is 0 Å². The second-order valence-electron chi connectivity index (χ2n) is 5.13. The van der Waals surface area contributed by atoms with Gasteiger partial charge in [-0.3, -0.25) is 4.72 Å². The number of hydrogen-bond donors (Lipinski definition) is 1. The summed E-state index contributed by atoms with van der Waals surface area (Å²) in [6, 6.07) is 4.28. The zero-order valence-corrected chi connectivity index (χ0v) is 12.5. The highest BCUT2D eigenvalue weighted by Gasteiger charge is 2.19. The van der Waals surface area contributed by atoms with Gasteiger partial charge in [0.05, 0.1) is 17.1 Å².